The number of primary sulfonamides is 1. The fourth-order valence-electron chi connectivity index (χ4n) is 1.45. The van der Waals surface area contributed by atoms with Gasteiger partial charge in [-0.1, -0.05) is 6.08 Å². The van der Waals surface area contributed by atoms with E-state index in [9.17, 15) is 8.42 Å². The van der Waals surface area contributed by atoms with Gasteiger partial charge in [0.25, 0.3) is 0 Å². The number of sulfonamides is 1. The van der Waals surface area contributed by atoms with Gasteiger partial charge in [0.15, 0.2) is 0 Å². The molecule has 0 atom stereocenters. The maximum Gasteiger partial charge on any atom is 0.240 e. The molecule has 106 valence electrons. The molecule has 0 spiro atoms. The molecule has 7 heteroatoms. The van der Waals surface area contributed by atoms with Gasteiger partial charge in [-0.25, -0.2) is 13.6 Å². The van der Waals surface area contributed by atoms with E-state index in [1.807, 2.05) is 0 Å². The molecule has 0 aromatic heterocycles. The Labute approximate surface area is 113 Å². The number of ether oxygens (including phenoxy) is 1. The number of rotatable bonds is 8. The van der Waals surface area contributed by atoms with E-state index in [1.54, 1.807) is 18.2 Å². The second-order valence-corrected chi connectivity index (χ2v) is 5.45. The lowest BCUT2D eigenvalue weighted by molar-refractivity contribution is 0.149. The summed E-state index contributed by atoms with van der Waals surface area (Å²) in [7, 11) is -3.80. The minimum absolute atomic E-state index is 0.0152. The van der Waals surface area contributed by atoms with E-state index in [1.165, 1.54) is 6.07 Å². The maximum absolute atomic E-state index is 11.4. The fourth-order valence-corrected chi connectivity index (χ4v) is 2.19. The van der Waals surface area contributed by atoms with Gasteiger partial charge in [-0.15, -0.1) is 6.58 Å². The van der Waals surface area contributed by atoms with E-state index in [0.717, 1.165) is 6.42 Å². The molecule has 1 aromatic rings. The zero-order valence-electron chi connectivity index (χ0n) is 10.6. The average molecular weight is 285 g/mol. The lowest BCUT2D eigenvalue weighted by Crippen LogP contribution is -2.17. The summed E-state index contributed by atoms with van der Waals surface area (Å²) in [5.74, 6) is 0. The molecule has 0 saturated heterocycles. The van der Waals surface area contributed by atoms with Crippen molar-refractivity contribution < 1.29 is 13.2 Å². The van der Waals surface area contributed by atoms with Gasteiger partial charge in [0, 0.05) is 12.2 Å². The van der Waals surface area contributed by atoms with Crippen LogP contribution in [-0.2, 0) is 14.8 Å². The number of nitrogen functional groups attached to an aromatic ring is 1. The highest BCUT2D eigenvalue weighted by molar-refractivity contribution is 7.89. The molecule has 0 heterocycles. The van der Waals surface area contributed by atoms with Crippen molar-refractivity contribution in [1.29, 1.82) is 0 Å². The third kappa shape index (κ3) is 5.29. The van der Waals surface area contributed by atoms with Crippen LogP contribution in [0.4, 0.5) is 11.4 Å². The molecule has 6 nitrogen and oxygen atoms in total. The molecule has 1 aromatic carbocycles. The van der Waals surface area contributed by atoms with Gasteiger partial charge < -0.3 is 15.8 Å². The first-order chi connectivity index (χ1) is 8.95. The van der Waals surface area contributed by atoms with Gasteiger partial charge in [-0.05, 0) is 24.6 Å². The molecule has 0 aliphatic heterocycles. The standard InChI is InChI=1S/C12H19N3O3S/c1-2-3-7-18-8-6-15-11-5-4-10(13)9-12(11)19(14,16)17/h2,4-5,9,15H,1,3,6-8,13H2,(H2,14,16,17). The Balaban J connectivity index is 2.61. The molecular formula is C12H19N3O3S. The number of hydrogen-bond donors (Lipinski definition) is 3. The minimum atomic E-state index is -3.80. The van der Waals surface area contributed by atoms with Crippen LogP contribution in [0.2, 0.25) is 0 Å². The molecule has 0 radical (unpaired) electrons. The highest BCUT2D eigenvalue weighted by Gasteiger charge is 2.13. The van der Waals surface area contributed by atoms with Crippen molar-refractivity contribution in [2.45, 2.75) is 11.3 Å². The summed E-state index contributed by atoms with van der Waals surface area (Å²) in [6, 6.07) is 4.52. The van der Waals surface area contributed by atoms with E-state index in [0.29, 0.717) is 31.1 Å². The smallest absolute Gasteiger partial charge is 0.240 e. The Bertz CT molecular complexity index is 529. The SMILES string of the molecule is C=CCCOCCNc1ccc(N)cc1S(N)(=O)=O. The van der Waals surface area contributed by atoms with Crippen LogP contribution in [0.5, 0.6) is 0 Å². The summed E-state index contributed by atoms with van der Waals surface area (Å²) >= 11 is 0. The third-order valence-corrected chi connectivity index (χ3v) is 3.29. The summed E-state index contributed by atoms with van der Waals surface area (Å²) in [6.45, 7) is 5.11. The van der Waals surface area contributed by atoms with Gasteiger partial charge in [0.05, 0.1) is 18.9 Å². The summed E-state index contributed by atoms with van der Waals surface area (Å²) in [5, 5.41) is 8.09. The van der Waals surface area contributed by atoms with Gasteiger partial charge in [0.1, 0.15) is 4.90 Å². The molecule has 0 amide bonds. The predicted molar refractivity (Wildman–Crippen MR) is 76.4 cm³/mol. The Morgan fingerprint density at radius 3 is 2.74 bits per heavy atom. The van der Waals surface area contributed by atoms with Gasteiger partial charge >= 0.3 is 0 Å². The van der Waals surface area contributed by atoms with Gasteiger partial charge in [-0.2, -0.15) is 0 Å². The van der Waals surface area contributed by atoms with Crippen LogP contribution in [0.3, 0.4) is 0 Å². The van der Waals surface area contributed by atoms with Crippen LogP contribution in [-0.4, -0.2) is 28.2 Å². The topological polar surface area (TPSA) is 107 Å². The maximum atomic E-state index is 11.4. The molecule has 0 aliphatic rings. The molecule has 0 fully saturated rings. The Morgan fingerprint density at radius 2 is 2.11 bits per heavy atom. The summed E-state index contributed by atoms with van der Waals surface area (Å²) in [5.41, 5.74) is 6.32. The van der Waals surface area contributed by atoms with Crippen molar-refractivity contribution in [3.63, 3.8) is 0 Å². The second-order valence-electron chi connectivity index (χ2n) is 3.92. The molecule has 0 aliphatic carbocycles. The zero-order valence-corrected chi connectivity index (χ0v) is 11.4. The fraction of sp³-hybridized carbons (Fsp3) is 0.333. The van der Waals surface area contributed by atoms with E-state index < -0.39 is 10.0 Å². The lowest BCUT2D eigenvalue weighted by Gasteiger charge is -2.11. The van der Waals surface area contributed by atoms with Crippen molar-refractivity contribution in [2.24, 2.45) is 5.14 Å². The molecule has 1 rings (SSSR count). The third-order valence-electron chi connectivity index (χ3n) is 2.34. The van der Waals surface area contributed by atoms with Gasteiger partial charge in [0.2, 0.25) is 10.0 Å². The summed E-state index contributed by atoms with van der Waals surface area (Å²) in [4.78, 5) is -0.0152. The van der Waals surface area contributed by atoms with Crippen LogP contribution >= 0.6 is 0 Å². The highest BCUT2D eigenvalue weighted by Crippen LogP contribution is 2.22. The molecule has 0 unspecified atom stereocenters. The van der Waals surface area contributed by atoms with E-state index >= 15 is 0 Å². The Kier molecular flexibility index (Phi) is 5.81. The number of nitrogens with two attached hydrogens (primary N) is 2. The molecule has 0 bridgehead atoms. The predicted octanol–water partition coefficient (Wildman–Crippen LogP) is 0.921. The Hall–Kier alpha value is -1.57. The minimum Gasteiger partial charge on any atom is -0.399 e. The molecule has 5 N–H and O–H groups in total. The molecular weight excluding hydrogens is 266 g/mol. The number of nitrogens with one attached hydrogen (secondary N) is 1. The normalized spacial score (nSPS) is 11.2. The van der Waals surface area contributed by atoms with Crippen molar-refractivity contribution in [3.05, 3.63) is 30.9 Å². The van der Waals surface area contributed by atoms with Crippen molar-refractivity contribution in [1.82, 2.24) is 0 Å². The molecule has 19 heavy (non-hydrogen) atoms. The quantitative estimate of drug-likeness (QED) is 0.374. The van der Waals surface area contributed by atoms with Crippen LogP contribution in [0.1, 0.15) is 6.42 Å². The highest BCUT2D eigenvalue weighted by atomic mass is 32.2. The molecule has 0 saturated carbocycles. The van der Waals surface area contributed by atoms with Crippen molar-refractivity contribution in [2.75, 3.05) is 30.8 Å². The van der Waals surface area contributed by atoms with E-state index in [-0.39, 0.29) is 4.90 Å². The van der Waals surface area contributed by atoms with E-state index in [4.69, 9.17) is 15.6 Å². The average Bonchev–Trinajstić information content (AvgIpc) is 2.34. The van der Waals surface area contributed by atoms with Crippen LogP contribution in [0.25, 0.3) is 0 Å². The lowest BCUT2D eigenvalue weighted by atomic mass is 10.3. The monoisotopic (exact) mass is 285 g/mol. The van der Waals surface area contributed by atoms with Crippen LogP contribution in [0, 0.1) is 0 Å². The van der Waals surface area contributed by atoms with Crippen molar-refractivity contribution in [3.8, 4) is 0 Å². The largest absolute Gasteiger partial charge is 0.399 e. The number of hydrogen-bond acceptors (Lipinski definition) is 5. The first-order valence-electron chi connectivity index (χ1n) is 5.80. The second kappa shape index (κ2) is 7.13. The first-order valence-corrected chi connectivity index (χ1v) is 7.34. The van der Waals surface area contributed by atoms with Gasteiger partial charge in [-0.3, -0.25) is 0 Å². The summed E-state index contributed by atoms with van der Waals surface area (Å²) in [6.07, 6.45) is 2.55. The van der Waals surface area contributed by atoms with Crippen LogP contribution in [0.15, 0.2) is 35.7 Å². The zero-order chi connectivity index (χ0) is 14.3. The van der Waals surface area contributed by atoms with Crippen molar-refractivity contribution >= 4 is 21.4 Å². The summed E-state index contributed by atoms with van der Waals surface area (Å²) < 4.78 is 28.1. The first kappa shape index (κ1) is 15.5. The number of anilines is 2. The van der Waals surface area contributed by atoms with Crippen LogP contribution < -0.4 is 16.2 Å². The Morgan fingerprint density at radius 1 is 1.37 bits per heavy atom. The number of benzene rings is 1. The van der Waals surface area contributed by atoms with E-state index in [2.05, 4.69) is 11.9 Å².